The molecule has 0 aromatic heterocycles. The first-order chi connectivity index (χ1) is 10.1. The first kappa shape index (κ1) is 16.3. The molecule has 1 amide bonds. The van der Waals surface area contributed by atoms with E-state index in [1.165, 1.54) is 32.1 Å². The minimum atomic E-state index is -0.783. The van der Waals surface area contributed by atoms with Crippen molar-refractivity contribution in [2.24, 2.45) is 5.92 Å². The van der Waals surface area contributed by atoms with Crippen LogP contribution in [0.1, 0.15) is 51.9 Å². The fourth-order valence-electron chi connectivity index (χ4n) is 3.45. The Labute approximate surface area is 127 Å². The number of aliphatic carboxylic acids is 1. The lowest BCUT2D eigenvalue weighted by atomic mass is 9.90. The van der Waals surface area contributed by atoms with Gasteiger partial charge in [0.1, 0.15) is 6.04 Å². The van der Waals surface area contributed by atoms with Gasteiger partial charge in [0.25, 0.3) is 0 Å². The van der Waals surface area contributed by atoms with Gasteiger partial charge < -0.3 is 10.0 Å². The SMILES string of the molecule is CC(C(=O)O)N1CCN(C(=O)C2CCCCCCC2)CC1. The van der Waals surface area contributed by atoms with Gasteiger partial charge in [-0.2, -0.15) is 0 Å². The van der Waals surface area contributed by atoms with Crippen LogP contribution in [0.4, 0.5) is 0 Å². The van der Waals surface area contributed by atoms with E-state index in [1.54, 1.807) is 6.92 Å². The van der Waals surface area contributed by atoms with Crippen LogP contribution >= 0.6 is 0 Å². The average Bonchev–Trinajstić information content (AvgIpc) is 2.45. The van der Waals surface area contributed by atoms with Gasteiger partial charge in [-0.05, 0) is 19.8 Å². The highest BCUT2D eigenvalue weighted by atomic mass is 16.4. The molecule has 1 aliphatic carbocycles. The zero-order valence-electron chi connectivity index (χ0n) is 13.1. The predicted molar refractivity (Wildman–Crippen MR) is 81.1 cm³/mol. The molecule has 0 radical (unpaired) electrons. The quantitative estimate of drug-likeness (QED) is 0.865. The number of hydrogen-bond donors (Lipinski definition) is 1. The predicted octanol–water partition coefficient (Wildman–Crippen LogP) is 1.96. The maximum atomic E-state index is 12.6. The second-order valence-electron chi connectivity index (χ2n) is 6.42. The molecule has 5 heteroatoms. The Balaban J connectivity index is 1.83. The molecule has 1 saturated heterocycles. The summed E-state index contributed by atoms with van der Waals surface area (Å²) in [4.78, 5) is 27.5. The molecular weight excluding hydrogens is 268 g/mol. The Hall–Kier alpha value is -1.10. The summed E-state index contributed by atoms with van der Waals surface area (Å²) >= 11 is 0. The third kappa shape index (κ3) is 4.43. The van der Waals surface area contributed by atoms with E-state index in [0.29, 0.717) is 32.1 Å². The van der Waals surface area contributed by atoms with Gasteiger partial charge in [0.05, 0.1) is 0 Å². The summed E-state index contributed by atoms with van der Waals surface area (Å²) in [5, 5.41) is 9.05. The zero-order chi connectivity index (χ0) is 15.2. The normalized spacial score (nSPS) is 24.1. The van der Waals surface area contributed by atoms with E-state index in [9.17, 15) is 9.59 Å². The lowest BCUT2D eigenvalue weighted by Gasteiger charge is -2.38. The minimum Gasteiger partial charge on any atom is -0.480 e. The van der Waals surface area contributed by atoms with Crippen LogP contribution in [0.5, 0.6) is 0 Å². The second-order valence-corrected chi connectivity index (χ2v) is 6.42. The van der Waals surface area contributed by atoms with Gasteiger partial charge in [-0.1, -0.05) is 32.1 Å². The highest BCUT2D eigenvalue weighted by Crippen LogP contribution is 2.24. The van der Waals surface area contributed by atoms with Crippen LogP contribution in [0.2, 0.25) is 0 Å². The van der Waals surface area contributed by atoms with Crippen molar-refractivity contribution in [3.05, 3.63) is 0 Å². The monoisotopic (exact) mass is 296 g/mol. The Morgan fingerprint density at radius 2 is 1.48 bits per heavy atom. The maximum Gasteiger partial charge on any atom is 0.320 e. The molecule has 0 aromatic rings. The number of nitrogens with zero attached hydrogens (tertiary/aromatic N) is 2. The van der Waals surface area contributed by atoms with Gasteiger partial charge in [-0.3, -0.25) is 14.5 Å². The molecule has 0 spiro atoms. The summed E-state index contributed by atoms with van der Waals surface area (Å²) in [7, 11) is 0. The summed E-state index contributed by atoms with van der Waals surface area (Å²) in [6.07, 6.45) is 8.24. The molecule has 0 bridgehead atoms. The Morgan fingerprint density at radius 1 is 0.952 bits per heavy atom. The zero-order valence-corrected chi connectivity index (χ0v) is 13.1. The maximum absolute atomic E-state index is 12.6. The number of carbonyl (C=O) groups is 2. The average molecular weight is 296 g/mol. The first-order valence-corrected chi connectivity index (χ1v) is 8.35. The van der Waals surface area contributed by atoms with Crippen LogP contribution in [0.15, 0.2) is 0 Å². The van der Waals surface area contributed by atoms with Crippen molar-refractivity contribution < 1.29 is 14.7 Å². The van der Waals surface area contributed by atoms with Crippen LogP contribution < -0.4 is 0 Å². The van der Waals surface area contributed by atoms with Gasteiger partial charge in [0.2, 0.25) is 5.91 Å². The number of rotatable bonds is 3. The number of carboxylic acid groups (broad SMARTS) is 1. The van der Waals surface area contributed by atoms with Crippen LogP contribution in [0.3, 0.4) is 0 Å². The van der Waals surface area contributed by atoms with Gasteiger partial charge in [-0.15, -0.1) is 0 Å². The van der Waals surface area contributed by atoms with E-state index in [-0.39, 0.29) is 5.92 Å². The fourth-order valence-corrected chi connectivity index (χ4v) is 3.45. The highest BCUT2D eigenvalue weighted by Gasteiger charge is 2.30. The van der Waals surface area contributed by atoms with Gasteiger partial charge in [0.15, 0.2) is 0 Å². The minimum absolute atomic E-state index is 0.203. The first-order valence-electron chi connectivity index (χ1n) is 8.35. The molecule has 1 unspecified atom stereocenters. The van der Waals surface area contributed by atoms with E-state index in [2.05, 4.69) is 0 Å². The summed E-state index contributed by atoms with van der Waals surface area (Å²) in [5.74, 6) is -0.275. The van der Waals surface area contributed by atoms with Crippen LogP contribution in [0.25, 0.3) is 0 Å². The molecule has 5 nitrogen and oxygen atoms in total. The number of amides is 1. The van der Waals surface area contributed by atoms with E-state index in [0.717, 1.165) is 12.8 Å². The van der Waals surface area contributed by atoms with Crippen LogP contribution in [-0.4, -0.2) is 59.0 Å². The second kappa shape index (κ2) is 7.78. The van der Waals surface area contributed by atoms with E-state index in [1.807, 2.05) is 9.80 Å². The van der Waals surface area contributed by atoms with E-state index in [4.69, 9.17) is 5.11 Å². The molecule has 2 rings (SSSR count). The topological polar surface area (TPSA) is 60.9 Å². The van der Waals surface area contributed by atoms with Gasteiger partial charge >= 0.3 is 5.97 Å². The van der Waals surface area contributed by atoms with Crippen molar-refractivity contribution in [3.63, 3.8) is 0 Å². The molecule has 0 aromatic carbocycles. The lowest BCUT2D eigenvalue weighted by molar-refractivity contribution is -0.144. The molecule has 1 N–H and O–H groups in total. The standard InChI is InChI=1S/C16H28N2O3/c1-13(16(20)21)17-9-11-18(12-10-17)15(19)14-7-5-3-2-4-6-8-14/h13-14H,2-12H2,1H3,(H,20,21). The molecule has 21 heavy (non-hydrogen) atoms. The third-order valence-corrected chi connectivity index (χ3v) is 4.99. The smallest absolute Gasteiger partial charge is 0.320 e. The number of carbonyl (C=O) groups excluding carboxylic acids is 1. The Morgan fingerprint density at radius 3 is 2.00 bits per heavy atom. The molecule has 120 valence electrons. The van der Waals surface area contributed by atoms with Gasteiger partial charge in [-0.25, -0.2) is 0 Å². The Kier molecular flexibility index (Phi) is 6.03. The highest BCUT2D eigenvalue weighted by molar-refractivity contribution is 5.79. The molecular formula is C16H28N2O3. The fraction of sp³-hybridized carbons (Fsp3) is 0.875. The van der Waals surface area contributed by atoms with Gasteiger partial charge in [0, 0.05) is 32.1 Å². The number of carboxylic acids is 1. The molecule has 2 aliphatic rings. The van der Waals surface area contributed by atoms with E-state index >= 15 is 0 Å². The summed E-state index contributed by atoms with van der Waals surface area (Å²) < 4.78 is 0. The summed E-state index contributed by atoms with van der Waals surface area (Å²) in [6.45, 7) is 4.41. The molecule has 1 atom stereocenters. The van der Waals surface area contributed by atoms with Crippen molar-refractivity contribution >= 4 is 11.9 Å². The van der Waals surface area contributed by atoms with Crippen LogP contribution in [0, 0.1) is 5.92 Å². The lowest BCUT2D eigenvalue weighted by Crippen LogP contribution is -2.54. The summed E-state index contributed by atoms with van der Waals surface area (Å²) in [5.41, 5.74) is 0. The third-order valence-electron chi connectivity index (χ3n) is 4.99. The van der Waals surface area contributed by atoms with Crippen molar-refractivity contribution in [1.82, 2.24) is 9.80 Å². The van der Waals surface area contributed by atoms with Crippen LogP contribution in [-0.2, 0) is 9.59 Å². The molecule has 1 heterocycles. The van der Waals surface area contributed by atoms with Crippen molar-refractivity contribution in [3.8, 4) is 0 Å². The van der Waals surface area contributed by atoms with Crippen molar-refractivity contribution in [2.75, 3.05) is 26.2 Å². The largest absolute Gasteiger partial charge is 0.480 e. The van der Waals surface area contributed by atoms with E-state index < -0.39 is 12.0 Å². The molecule has 1 aliphatic heterocycles. The Bertz CT molecular complexity index is 357. The molecule has 1 saturated carbocycles. The molecule has 2 fully saturated rings. The van der Waals surface area contributed by atoms with Crippen molar-refractivity contribution in [2.45, 2.75) is 57.9 Å². The number of hydrogen-bond acceptors (Lipinski definition) is 3. The summed E-state index contributed by atoms with van der Waals surface area (Å²) in [6, 6.07) is -0.455. The number of piperazine rings is 1. The van der Waals surface area contributed by atoms with Crippen molar-refractivity contribution in [1.29, 1.82) is 0 Å².